The second kappa shape index (κ2) is 6.04. The van der Waals surface area contributed by atoms with Gasteiger partial charge in [0.05, 0.1) is 23.9 Å². The SMILES string of the molecule is CN1C2CCC1CC(NC(=O)CCn1ccc([N+](=O)[O-])n1)C2. The van der Waals surface area contributed by atoms with E-state index in [0.29, 0.717) is 25.0 Å². The smallest absolute Gasteiger partial charge is 0.358 e. The minimum atomic E-state index is -0.537. The van der Waals surface area contributed by atoms with Crippen LogP contribution in [0.25, 0.3) is 0 Å². The average molecular weight is 307 g/mol. The Morgan fingerprint density at radius 1 is 1.45 bits per heavy atom. The summed E-state index contributed by atoms with van der Waals surface area (Å²) in [4.78, 5) is 24.5. The van der Waals surface area contributed by atoms with Gasteiger partial charge in [-0.2, -0.15) is 4.68 Å². The second-order valence-corrected chi connectivity index (χ2v) is 6.23. The molecule has 1 N–H and O–H groups in total. The first-order chi connectivity index (χ1) is 10.5. The second-order valence-electron chi connectivity index (χ2n) is 6.23. The van der Waals surface area contributed by atoms with Crippen LogP contribution in [0.1, 0.15) is 32.1 Å². The maximum absolute atomic E-state index is 12.0. The fraction of sp³-hybridized carbons (Fsp3) is 0.714. The van der Waals surface area contributed by atoms with Crippen molar-refractivity contribution in [3.05, 3.63) is 22.4 Å². The molecule has 3 heterocycles. The normalized spacial score (nSPS) is 27.8. The van der Waals surface area contributed by atoms with Crippen molar-refractivity contribution in [1.82, 2.24) is 20.0 Å². The average Bonchev–Trinajstić information content (AvgIpc) is 3.01. The Kier molecular flexibility index (Phi) is 4.10. The van der Waals surface area contributed by atoms with Gasteiger partial charge >= 0.3 is 5.82 Å². The first-order valence-corrected chi connectivity index (χ1v) is 7.72. The summed E-state index contributed by atoms with van der Waals surface area (Å²) in [5, 5.41) is 17.5. The number of nitro groups is 1. The maximum Gasteiger partial charge on any atom is 0.389 e. The quantitative estimate of drug-likeness (QED) is 0.645. The third kappa shape index (κ3) is 3.11. The Hall–Kier alpha value is -1.96. The summed E-state index contributed by atoms with van der Waals surface area (Å²) in [6, 6.07) is 2.79. The number of carbonyl (C=O) groups excluding carboxylic acids is 1. The number of aryl methyl sites for hydroxylation is 1. The monoisotopic (exact) mass is 307 g/mol. The zero-order valence-corrected chi connectivity index (χ0v) is 12.6. The molecule has 22 heavy (non-hydrogen) atoms. The van der Waals surface area contributed by atoms with Gasteiger partial charge in [0, 0.05) is 24.5 Å². The van der Waals surface area contributed by atoms with E-state index in [1.165, 1.54) is 29.8 Å². The zero-order chi connectivity index (χ0) is 15.7. The number of nitrogens with zero attached hydrogens (tertiary/aromatic N) is 4. The van der Waals surface area contributed by atoms with Gasteiger partial charge in [-0.15, -0.1) is 0 Å². The van der Waals surface area contributed by atoms with Crippen molar-refractivity contribution < 1.29 is 9.72 Å². The number of carbonyl (C=O) groups is 1. The number of hydrogen-bond donors (Lipinski definition) is 1. The van der Waals surface area contributed by atoms with Gasteiger partial charge < -0.3 is 20.3 Å². The highest BCUT2D eigenvalue weighted by atomic mass is 16.6. The van der Waals surface area contributed by atoms with Crippen molar-refractivity contribution in [2.45, 2.75) is 56.8 Å². The molecule has 2 saturated heterocycles. The Balaban J connectivity index is 1.45. The minimum absolute atomic E-state index is 0.00731. The van der Waals surface area contributed by atoms with Gasteiger partial charge in [-0.25, -0.2) is 0 Å². The Bertz CT molecular complexity index is 559. The van der Waals surface area contributed by atoms with Crippen LogP contribution in [-0.2, 0) is 11.3 Å². The summed E-state index contributed by atoms with van der Waals surface area (Å²) < 4.78 is 1.44. The number of nitrogens with one attached hydrogen (secondary N) is 1. The van der Waals surface area contributed by atoms with Crippen LogP contribution in [0.15, 0.2) is 12.3 Å². The molecule has 1 aromatic rings. The summed E-state index contributed by atoms with van der Waals surface area (Å²) >= 11 is 0. The molecule has 0 radical (unpaired) electrons. The van der Waals surface area contributed by atoms with E-state index >= 15 is 0 Å². The van der Waals surface area contributed by atoms with Crippen molar-refractivity contribution in [3.8, 4) is 0 Å². The van der Waals surface area contributed by atoms with Crippen LogP contribution in [-0.4, -0.2) is 50.7 Å². The molecule has 0 saturated carbocycles. The summed E-state index contributed by atoms with van der Waals surface area (Å²) in [7, 11) is 2.17. The van der Waals surface area contributed by atoms with E-state index in [1.807, 2.05) is 0 Å². The summed E-state index contributed by atoms with van der Waals surface area (Å²) in [6.45, 7) is 0.360. The summed E-state index contributed by atoms with van der Waals surface area (Å²) in [6.07, 6.45) is 6.31. The molecular formula is C14H21N5O3. The van der Waals surface area contributed by atoms with Gasteiger partial charge in [-0.3, -0.25) is 4.79 Å². The van der Waals surface area contributed by atoms with E-state index in [-0.39, 0.29) is 17.8 Å². The molecular weight excluding hydrogens is 286 g/mol. The molecule has 8 heteroatoms. The Morgan fingerprint density at radius 2 is 2.14 bits per heavy atom. The van der Waals surface area contributed by atoms with Gasteiger partial charge in [0.25, 0.3) is 0 Å². The lowest BCUT2D eigenvalue weighted by molar-refractivity contribution is -0.389. The van der Waals surface area contributed by atoms with Crippen molar-refractivity contribution in [3.63, 3.8) is 0 Å². The molecule has 0 spiro atoms. The van der Waals surface area contributed by atoms with Crippen molar-refractivity contribution in [1.29, 1.82) is 0 Å². The minimum Gasteiger partial charge on any atom is -0.358 e. The van der Waals surface area contributed by atoms with Crippen molar-refractivity contribution in [2.24, 2.45) is 0 Å². The van der Waals surface area contributed by atoms with Crippen LogP contribution in [0.4, 0.5) is 5.82 Å². The largest absolute Gasteiger partial charge is 0.389 e. The molecule has 2 unspecified atom stereocenters. The van der Waals surface area contributed by atoms with Gasteiger partial charge in [0.2, 0.25) is 5.91 Å². The van der Waals surface area contributed by atoms with Crippen molar-refractivity contribution >= 4 is 11.7 Å². The highest BCUT2D eigenvalue weighted by Crippen LogP contribution is 2.34. The van der Waals surface area contributed by atoms with Crippen LogP contribution in [0, 0.1) is 10.1 Å². The highest BCUT2D eigenvalue weighted by Gasteiger charge is 2.38. The van der Waals surface area contributed by atoms with Crippen LogP contribution in [0.3, 0.4) is 0 Å². The predicted octanol–water partition coefficient (Wildman–Crippen LogP) is 0.923. The first kappa shape index (κ1) is 15.0. The summed E-state index contributed by atoms with van der Waals surface area (Å²) in [5.74, 6) is -0.195. The number of hydrogen-bond acceptors (Lipinski definition) is 5. The van der Waals surface area contributed by atoms with E-state index in [2.05, 4.69) is 22.4 Å². The lowest BCUT2D eigenvalue weighted by atomic mass is 9.98. The molecule has 2 atom stereocenters. The standard InChI is InChI=1S/C14H21N5O3/c1-17-11-2-3-12(17)9-10(8-11)15-14(20)5-7-18-6-4-13(16-18)19(21)22/h4,6,10-12H,2-3,5,7-9H2,1H3,(H,15,20). The number of amides is 1. The molecule has 2 aliphatic rings. The molecule has 1 aromatic heterocycles. The maximum atomic E-state index is 12.0. The van der Waals surface area contributed by atoms with Gasteiger partial charge in [0.1, 0.15) is 0 Å². The van der Waals surface area contributed by atoms with Gasteiger partial charge in [-0.05, 0) is 37.7 Å². The summed E-state index contributed by atoms with van der Waals surface area (Å²) in [5.41, 5.74) is 0. The number of aromatic nitrogens is 2. The fourth-order valence-electron chi connectivity index (χ4n) is 3.62. The molecule has 0 aromatic carbocycles. The van der Waals surface area contributed by atoms with Gasteiger partial charge in [-0.1, -0.05) is 0 Å². The fourth-order valence-corrected chi connectivity index (χ4v) is 3.62. The predicted molar refractivity (Wildman–Crippen MR) is 79.2 cm³/mol. The molecule has 2 fully saturated rings. The van der Waals surface area contributed by atoms with Crippen LogP contribution < -0.4 is 5.32 Å². The lowest BCUT2D eigenvalue weighted by Crippen LogP contribution is -2.48. The molecule has 120 valence electrons. The topological polar surface area (TPSA) is 93.3 Å². The first-order valence-electron chi connectivity index (χ1n) is 7.72. The number of rotatable bonds is 5. The van der Waals surface area contributed by atoms with Crippen LogP contribution in [0.5, 0.6) is 0 Å². The third-order valence-corrected chi connectivity index (χ3v) is 4.84. The number of fused-ring (bicyclic) bond motifs is 2. The van der Waals surface area contributed by atoms with E-state index < -0.39 is 4.92 Å². The van der Waals surface area contributed by atoms with E-state index in [1.54, 1.807) is 0 Å². The molecule has 0 aliphatic carbocycles. The van der Waals surface area contributed by atoms with Crippen molar-refractivity contribution in [2.75, 3.05) is 7.05 Å². The lowest BCUT2D eigenvalue weighted by Gasteiger charge is -2.36. The van der Waals surface area contributed by atoms with E-state index in [0.717, 1.165) is 12.8 Å². The zero-order valence-electron chi connectivity index (χ0n) is 12.6. The van der Waals surface area contributed by atoms with Gasteiger partial charge in [0.15, 0.2) is 0 Å². The van der Waals surface area contributed by atoms with Crippen LogP contribution >= 0.6 is 0 Å². The van der Waals surface area contributed by atoms with E-state index in [4.69, 9.17) is 0 Å². The molecule has 2 bridgehead atoms. The Morgan fingerprint density at radius 3 is 2.73 bits per heavy atom. The molecule has 1 amide bonds. The highest BCUT2D eigenvalue weighted by molar-refractivity contribution is 5.76. The molecule has 2 aliphatic heterocycles. The Labute approximate surface area is 128 Å². The molecule has 3 rings (SSSR count). The van der Waals surface area contributed by atoms with Crippen LogP contribution in [0.2, 0.25) is 0 Å². The van der Waals surface area contributed by atoms with E-state index in [9.17, 15) is 14.9 Å². The number of piperidine rings is 1. The third-order valence-electron chi connectivity index (χ3n) is 4.84. The molecule has 8 nitrogen and oxygen atoms in total.